The second kappa shape index (κ2) is 6.13. The van der Waals surface area contributed by atoms with Crippen LogP contribution in [0.5, 0.6) is 0 Å². The average molecular weight is 295 g/mol. The van der Waals surface area contributed by atoms with Gasteiger partial charge in [-0.15, -0.1) is 0 Å². The van der Waals surface area contributed by atoms with Crippen LogP contribution in [0.3, 0.4) is 0 Å². The third kappa shape index (κ3) is 3.10. The van der Waals surface area contributed by atoms with Gasteiger partial charge in [-0.25, -0.2) is 0 Å². The fourth-order valence-corrected chi connectivity index (χ4v) is 2.44. The topological polar surface area (TPSA) is 60.5 Å². The summed E-state index contributed by atoms with van der Waals surface area (Å²) in [7, 11) is 0. The number of nitriles is 2. The van der Waals surface area contributed by atoms with Crippen molar-refractivity contribution in [3.05, 3.63) is 77.5 Å². The molecular formula is C20H13N3. The number of benzene rings is 2. The maximum absolute atomic E-state index is 8.90. The lowest BCUT2D eigenvalue weighted by atomic mass is 10.0. The first-order valence-electron chi connectivity index (χ1n) is 7.19. The lowest BCUT2D eigenvalue weighted by Gasteiger charge is -2.08. The Hall–Kier alpha value is -3.43. The van der Waals surface area contributed by atoms with E-state index in [0.29, 0.717) is 11.1 Å². The van der Waals surface area contributed by atoms with Gasteiger partial charge < -0.3 is 0 Å². The van der Waals surface area contributed by atoms with Crippen molar-refractivity contribution in [3.63, 3.8) is 0 Å². The Labute approximate surface area is 135 Å². The molecule has 0 bridgehead atoms. The Morgan fingerprint density at radius 1 is 0.696 bits per heavy atom. The lowest BCUT2D eigenvalue weighted by molar-refractivity contribution is 1.21. The molecule has 0 unspecified atom stereocenters. The van der Waals surface area contributed by atoms with Crippen LogP contribution in [0.25, 0.3) is 22.4 Å². The smallest absolute Gasteiger partial charge is 0.0991 e. The monoisotopic (exact) mass is 295 g/mol. The molecule has 0 N–H and O–H groups in total. The summed E-state index contributed by atoms with van der Waals surface area (Å²) in [4.78, 5) is 4.58. The molecule has 0 atom stereocenters. The first-order valence-corrected chi connectivity index (χ1v) is 7.19. The molecule has 0 aliphatic heterocycles. The van der Waals surface area contributed by atoms with Crippen LogP contribution >= 0.6 is 0 Å². The van der Waals surface area contributed by atoms with E-state index >= 15 is 0 Å². The van der Waals surface area contributed by atoms with Gasteiger partial charge in [-0.1, -0.05) is 24.3 Å². The van der Waals surface area contributed by atoms with Crippen LogP contribution in [0.4, 0.5) is 0 Å². The number of nitrogens with zero attached hydrogens (tertiary/aromatic N) is 3. The van der Waals surface area contributed by atoms with Gasteiger partial charge >= 0.3 is 0 Å². The van der Waals surface area contributed by atoms with E-state index in [9.17, 15) is 0 Å². The van der Waals surface area contributed by atoms with E-state index in [1.54, 1.807) is 12.1 Å². The molecule has 0 spiro atoms. The van der Waals surface area contributed by atoms with Crippen molar-refractivity contribution in [1.29, 1.82) is 10.5 Å². The fraction of sp³-hybridized carbons (Fsp3) is 0.0500. The van der Waals surface area contributed by atoms with Crippen LogP contribution in [-0.2, 0) is 0 Å². The summed E-state index contributed by atoms with van der Waals surface area (Å²) in [6.07, 6.45) is 0. The van der Waals surface area contributed by atoms with E-state index in [0.717, 1.165) is 28.1 Å². The molecule has 2 aromatic carbocycles. The van der Waals surface area contributed by atoms with Crippen molar-refractivity contribution in [2.45, 2.75) is 6.92 Å². The molecular weight excluding hydrogens is 282 g/mol. The molecule has 0 saturated carbocycles. The first-order chi connectivity index (χ1) is 11.2. The minimum atomic E-state index is 0.633. The number of rotatable bonds is 2. The van der Waals surface area contributed by atoms with Gasteiger partial charge in [0.2, 0.25) is 0 Å². The molecule has 108 valence electrons. The number of aromatic nitrogens is 1. The van der Waals surface area contributed by atoms with Gasteiger partial charge in [0.25, 0.3) is 0 Å². The predicted octanol–water partition coefficient (Wildman–Crippen LogP) is 4.47. The molecule has 1 heterocycles. The van der Waals surface area contributed by atoms with Crippen molar-refractivity contribution >= 4 is 0 Å². The molecule has 1 aromatic heterocycles. The van der Waals surface area contributed by atoms with E-state index in [-0.39, 0.29) is 0 Å². The van der Waals surface area contributed by atoms with Crippen molar-refractivity contribution in [1.82, 2.24) is 4.98 Å². The van der Waals surface area contributed by atoms with E-state index < -0.39 is 0 Å². The predicted molar refractivity (Wildman–Crippen MR) is 89.3 cm³/mol. The van der Waals surface area contributed by atoms with Gasteiger partial charge in [0.05, 0.1) is 29.0 Å². The van der Waals surface area contributed by atoms with Gasteiger partial charge in [0, 0.05) is 11.3 Å². The van der Waals surface area contributed by atoms with Crippen LogP contribution in [0.1, 0.15) is 16.8 Å². The molecule has 0 aliphatic carbocycles. The molecule has 3 nitrogen and oxygen atoms in total. The van der Waals surface area contributed by atoms with E-state index in [1.807, 2.05) is 55.5 Å². The quantitative estimate of drug-likeness (QED) is 0.701. The molecule has 3 rings (SSSR count). The van der Waals surface area contributed by atoms with E-state index in [4.69, 9.17) is 10.5 Å². The highest BCUT2D eigenvalue weighted by molar-refractivity contribution is 5.71. The highest BCUT2D eigenvalue weighted by Gasteiger charge is 2.06. The third-order valence-electron chi connectivity index (χ3n) is 3.61. The highest BCUT2D eigenvalue weighted by atomic mass is 14.7. The Morgan fingerprint density at radius 2 is 1.22 bits per heavy atom. The highest BCUT2D eigenvalue weighted by Crippen LogP contribution is 2.26. The summed E-state index contributed by atoms with van der Waals surface area (Å²) >= 11 is 0. The summed E-state index contributed by atoms with van der Waals surface area (Å²) in [5.74, 6) is 0. The SMILES string of the molecule is Cc1cc(-c2ccc(C#N)cc2)cc(-c2ccc(C#N)cc2)n1. The van der Waals surface area contributed by atoms with Crippen molar-refractivity contribution in [2.24, 2.45) is 0 Å². The number of hydrogen-bond acceptors (Lipinski definition) is 3. The van der Waals surface area contributed by atoms with Crippen LogP contribution in [0.15, 0.2) is 60.7 Å². The largest absolute Gasteiger partial charge is 0.253 e. The minimum absolute atomic E-state index is 0.633. The van der Waals surface area contributed by atoms with Crippen LogP contribution in [0, 0.1) is 29.6 Å². The summed E-state index contributed by atoms with van der Waals surface area (Å²) in [6, 6.07) is 23.2. The van der Waals surface area contributed by atoms with Crippen LogP contribution in [0.2, 0.25) is 0 Å². The average Bonchev–Trinajstić information content (AvgIpc) is 2.61. The second-order valence-corrected chi connectivity index (χ2v) is 5.26. The van der Waals surface area contributed by atoms with E-state index in [1.165, 1.54) is 0 Å². The fourth-order valence-electron chi connectivity index (χ4n) is 2.44. The van der Waals surface area contributed by atoms with Gasteiger partial charge in [0.15, 0.2) is 0 Å². The van der Waals surface area contributed by atoms with Gasteiger partial charge in [-0.05, 0) is 54.4 Å². The molecule has 0 aliphatic rings. The van der Waals surface area contributed by atoms with Crippen molar-refractivity contribution < 1.29 is 0 Å². The Morgan fingerprint density at radius 3 is 1.74 bits per heavy atom. The zero-order chi connectivity index (χ0) is 16.2. The van der Waals surface area contributed by atoms with Gasteiger partial charge in [-0.3, -0.25) is 4.98 Å². The molecule has 3 heteroatoms. The minimum Gasteiger partial charge on any atom is -0.253 e. The van der Waals surface area contributed by atoms with Crippen molar-refractivity contribution in [2.75, 3.05) is 0 Å². The standard InChI is InChI=1S/C20H13N3/c1-14-10-19(17-6-2-15(12-21)3-7-17)11-20(23-14)18-8-4-16(13-22)5-9-18/h2-11H,1H3. The number of pyridine rings is 1. The van der Waals surface area contributed by atoms with Gasteiger partial charge in [0.1, 0.15) is 0 Å². The van der Waals surface area contributed by atoms with Gasteiger partial charge in [-0.2, -0.15) is 10.5 Å². The van der Waals surface area contributed by atoms with Crippen LogP contribution < -0.4 is 0 Å². The maximum atomic E-state index is 8.90. The molecule has 0 radical (unpaired) electrons. The zero-order valence-corrected chi connectivity index (χ0v) is 12.6. The molecule has 0 saturated heterocycles. The Bertz CT molecular complexity index is 849. The Balaban J connectivity index is 2.04. The molecule has 0 amide bonds. The maximum Gasteiger partial charge on any atom is 0.0991 e. The summed E-state index contributed by atoms with van der Waals surface area (Å²) < 4.78 is 0. The zero-order valence-electron chi connectivity index (χ0n) is 12.6. The number of hydrogen-bond donors (Lipinski definition) is 0. The number of aryl methyl sites for hydroxylation is 1. The molecule has 23 heavy (non-hydrogen) atoms. The molecule has 0 fully saturated rings. The van der Waals surface area contributed by atoms with E-state index in [2.05, 4.69) is 17.1 Å². The van der Waals surface area contributed by atoms with Crippen molar-refractivity contribution in [3.8, 4) is 34.5 Å². The first kappa shape index (κ1) is 14.5. The lowest BCUT2D eigenvalue weighted by Crippen LogP contribution is -1.90. The second-order valence-electron chi connectivity index (χ2n) is 5.26. The third-order valence-corrected chi connectivity index (χ3v) is 3.61. The van der Waals surface area contributed by atoms with Crippen LogP contribution in [-0.4, -0.2) is 4.98 Å². The summed E-state index contributed by atoms with van der Waals surface area (Å²) in [6.45, 7) is 1.96. The summed E-state index contributed by atoms with van der Waals surface area (Å²) in [5.41, 5.74) is 6.15. The normalized spacial score (nSPS) is 9.87. The summed E-state index contributed by atoms with van der Waals surface area (Å²) in [5, 5.41) is 17.8. The molecule has 3 aromatic rings. The Kier molecular flexibility index (Phi) is 3.87.